The highest BCUT2D eigenvalue weighted by Crippen LogP contribution is 2.21. The number of hydrogen-bond donors (Lipinski definition) is 0. The molecule has 1 aromatic carbocycles. The lowest BCUT2D eigenvalue weighted by molar-refractivity contribution is 0.201. The van der Waals surface area contributed by atoms with Crippen molar-refractivity contribution in [2.24, 2.45) is 0 Å². The highest BCUT2D eigenvalue weighted by Gasteiger charge is 2.23. The minimum absolute atomic E-state index is 0.124. The SMILES string of the molecule is CCN(CC)C(=O)n1ccc(S(=O)(=O)c2ccc(C)c(C)c2)n1. The Morgan fingerprint density at radius 2 is 1.78 bits per heavy atom. The van der Waals surface area contributed by atoms with E-state index < -0.39 is 9.84 Å². The number of aryl methyl sites for hydroxylation is 2. The van der Waals surface area contributed by atoms with Crippen molar-refractivity contribution >= 4 is 15.9 Å². The number of hydrogen-bond acceptors (Lipinski definition) is 4. The lowest BCUT2D eigenvalue weighted by atomic mass is 10.1. The Labute approximate surface area is 136 Å². The Kier molecular flexibility index (Phi) is 4.89. The molecule has 124 valence electrons. The van der Waals surface area contributed by atoms with Gasteiger partial charge in [0.1, 0.15) is 0 Å². The third kappa shape index (κ3) is 3.29. The van der Waals surface area contributed by atoms with Gasteiger partial charge in [0, 0.05) is 19.3 Å². The quantitative estimate of drug-likeness (QED) is 0.861. The second kappa shape index (κ2) is 6.54. The van der Waals surface area contributed by atoms with Crippen molar-refractivity contribution < 1.29 is 13.2 Å². The van der Waals surface area contributed by atoms with Gasteiger partial charge in [0.05, 0.1) is 4.90 Å². The Hall–Kier alpha value is -2.15. The van der Waals surface area contributed by atoms with Crippen molar-refractivity contribution in [2.75, 3.05) is 13.1 Å². The standard InChI is InChI=1S/C16H21N3O3S/c1-5-18(6-2)16(20)19-10-9-15(17-19)23(21,22)14-8-7-12(3)13(4)11-14/h7-11H,5-6H2,1-4H3. The van der Waals surface area contributed by atoms with Crippen LogP contribution in [0.25, 0.3) is 0 Å². The Morgan fingerprint density at radius 3 is 2.35 bits per heavy atom. The van der Waals surface area contributed by atoms with Crippen LogP contribution in [0.4, 0.5) is 4.79 Å². The van der Waals surface area contributed by atoms with Crippen LogP contribution in [-0.2, 0) is 9.84 Å². The molecule has 0 saturated heterocycles. The molecule has 0 saturated carbocycles. The molecule has 0 atom stereocenters. The predicted molar refractivity (Wildman–Crippen MR) is 87.3 cm³/mol. The Balaban J connectivity index is 2.39. The molecule has 0 aliphatic carbocycles. The fourth-order valence-electron chi connectivity index (χ4n) is 2.20. The summed E-state index contributed by atoms with van der Waals surface area (Å²) >= 11 is 0. The second-order valence-corrected chi connectivity index (χ2v) is 7.20. The van der Waals surface area contributed by atoms with Gasteiger partial charge in [-0.2, -0.15) is 9.78 Å². The van der Waals surface area contributed by atoms with Crippen LogP contribution in [0.15, 0.2) is 40.4 Å². The van der Waals surface area contributed by atoms with Crippen molar-refractivity contribution in [3.05, 3.63) is 41.6 Å². The third-order valence-corrected chi connectivity index (χ3v) is 5.50. The molecule has 23 heavy (non-hydrogen) atoms. The van der Waals surface area contributed by atoms with E-state index in [2.05, 4.69) is 5.10 Å². The predicted octanol–water partition coefficient (Wildman–Crippen LogP) is 2.64. The third-order valence-electron chi connectivity index (χ3n) is 3.86. The first-order valence-corrected chi connectivity index (χ1v) is 8.96. The number of amides is 1. The maximum absolute atomic E-state index is 12.6. The molecule has 1 aromatic heterocycles. The minimum Gasteiger partial charge on any atom is -0.323 e. The first-order chi connectivity index (χ1) is 10.8. The topological polar surface area (TPSA) is 72.3 Å². The summed E-state index contributed by atoms with van der Waals surface area (Å²) < 4.78 is 26.4. The van der Waals surface area contributed by atoms with Gasteiger partial charge in [0.15, 0.2) is 5.03 Å². The molecule has 1 heterocycles. The number of sulfone groups is 1. The van der Waals surface area contributed by atoms with Crippen LogP contribution in [0.5, 0.6) is 0 Å². The number of rotatable bonds is 4. The molecule has 1 amide bonds. The molecule has 7 heteroatoms. The molecule has 6 nitrogen and oxygen atoms in total. The van der Waals surface area contributed by atoms with Gasteiger partial charge >= 0.3 is 6.03 Å². The van der Waals surface area contributed by atoms with Crippen molar-refractivity contribution in [1.29, 1.82) is 0 Å². The van der Waals surface area contributed by atoms with Crippen LogP contribution in [-0.4, -0.2) is 42.2 Å². The summed E-state index contributed by atoms with van der Waals surface area (Å²) in [4.78, 5) is 14.0. The first kappa shape index (κ1) is 17.2. The number of nitrogens with zero attached hydrogens (tertiary/aromatic N) is 3. The fourth-order valence-corrected chi connectivity index (χ4v) is 3.45. The van der Waals surface area contributed by atoms with Crippen LogP contribution in [0.2, 0.25) is 0 Å². The summed E-state index contributed by atoms with van der Waals surface area (Å²) in [7, 11) is -3.73. The molecule has 0 radical (unpaired) electrons. The van der Waals surface area contributed by atoms with Gasteiger partial charge < -0.3 is 4.90 Å². The lowest BCUT2D eigenvalue weighted by Crippen LogP contribution is -2.34. The van der Waals surface area contributed by atoms with Crippen LogP contribution in [0.1, 0.15) is 25.0 Å². The van der Waals surface area contributed by atoms with Gasteiger partial charge in [0.25, 0.3) is 0 Å². The maximum atomic E-state index is 12.6. The smallest absolute Gasteiger partial charge is 0.323 e. The van der Waals surface area contributed by atoms with E-state index in [-0.39, 0.29) is 16.0 Å². The van der Waals surface area contributed by atoms with E-state index in [1.165, 1.54) is 12.3 Å². The van der Waals surface area contributed by atoms with Crippen LogP contribution in [0, 0.1) is 13.8 Å². The van der Waals surface area contributed by atoms with Gasteiger partial charge in [-0.15, -0.1) is 0 Å². The van der Waals surface area contributed by atoms with E-state index in [4.69, 9.17) is 0 Å². The molecule has 2 rings (SSSR count). The van der Waals surface area contributed by atoms with E-state index >= 15 is 0 Å². The van der Waals surface area contributed by atoms with Gasteiger partial charge in [-0.25, -0.2) is 13.2 Å². The number of aromatic nitrogens is 2. The number of carbonyl (C=O) groups excluding carboxylic acids is 1. The summed E-state index contributed by atoms with van der Waals surface area (Å²) in [6, 6.07) is 5.96. The highest BCUT2D eigenvalue weighted by atomic mass is 32.2. The number of benzene rings is 1. The summed E-state index contributed by atoms with van der Waals surface area (Å²) in [5, 5.41) is 3.84. The molecule has 2 aromatic rings. The van der Waals surface area contributed by atoms with Gasteiger partial charge in [0.2, 0.25) is 9.84 Å². The van der Waals surface area contributed by atoms with E-state index in [0.29, 0.717) is 13.1 Å². The van der Waals surface area contributed by atoms with E-state index in [0.717, 1.165) is 15.8 Å². The molecule has 0 aliphatic heterocycles. The van der Waals surface area contributed by atoms with Crippen LogP contribution < -0.4 is 0 Å². The van der Waals surface area contributed by atoms with E-state index in [1.807, 2.05) is 27.7 Å². The van der Waals surface area contributed by atoms with E-state index in [9.17, 15) is 13.2 Å². The maximum Gasteiger partial charge on any atom is 0.344 e. The second-order valence-electron chi connectivity index (χ2n) is 5.30. The summed E-state index contributed by atoms with van der Waals surface area (Å²) in [6.07, 6.45) is 1.38. The Morgan fingerprint density at radius 1 is 1.13 bits per heavy atom. The molecule has 0 spiro atoms. The zero-order chi connectivity index (χ0) is 17.2. The first-order valence-electron chi connectivity index (χ1n) is 7.48. The van der Waals surface area contributed by atoms with Crippen LogP contribution in [0.3, 0.4) is 0 Å². The normalized spacial score (nSPS) is 11.5. The van der Waals surface area contributed by atoms with Crippen molar-refractivity contribution in [2.45, 2.75) is 37.6 Å². The molecule has 0 bridgehead atoms. The van der Waals surface area contributed by atoms with Gasteiger partial charge in [-0.1, -0.05) is 6.07 Å². The Bertz CT molecular complexity index is 821. The molecular weight excluding hydrogens is 314 g/mol. The summed E-state index contributed by atoms with van der Waals surface area (Å²) in [5.41, 5.74) is 1.91. The van der Waals surface area contributed by atoms with Crippen molar-refractivity contribution in [3.63, 3.8) is 0 Å². The van der Waals surface area contributed by atoms with Crippen LogP contribution >= 0.6 is 0 Å². The average Bonchev–Trinajstić information content (AvgIpc) is 3.01. The van der Waals surface area contributed by atoms with Gasteiger partial charge in [-0.3, -0.25) is 0 Å². The summed E-state index contributed by atoms with van der Waals surface area (Å²) in [6.45, 7) is 8.57. The number of carbonyl (C=O) groups is 1. The largest absolute Gasteiger partial charge is 0.344 e. The van der Waals surface area contributed by atoms with Crippen molar-refractivity contribution in [1.82, 2.24) is 14.7 Å². The van der Waals surface area contributed by atoms with Crippen molar-refractivity contribution in [3.8, 4) is 0 Å². The highest BCUT2D eigenvalue weighted by molar-refractivity contribution is 7.91. The monoisotopic (exact) mass is 335 g/mol. The molecule has 0 aliphatic rings. The minimum atomic E-state index is -3.73. The zero-order valence-corrected chi connectivity index (χ0v) is 14.6. The van der Waals surface area contributed by atoms with E-state index in [1.54, 1.807) is 23.1 Å². The van der Waals surface area contributed by atoms with Gasteiger partial charge in [-0.05, 0) is 57.0 Å². The molecule has 0 fully saturated rings. The zero-order valence-electron chi connectivity index (χ0n) is 13.8. The molecular formula is C16H21N3O3S. The lowest BCUT2D eigenvalue weighted by Gasteiger charge is -2.17. The summed E-state index contributed by atoms with van der Waals surface area (Å²) in [5.74, 6) is 0. The fraction of sp³-hybridized carbons (Fsp3) is 0.375. The molecule has 0 unspecified atom stereocenters. The molecule has 0 N–H and O–H groups in total. The average molecular weight is 335 g/mol.